The van der Waals surface area contributed by atoms with Crippen molar-refractivity contribution in [1.82, 2.24) is 5.43 Å². The van der Waals surface area contributed by atoms with Gasteiger partial charge in [0, 0.05) is 28.9 Å². The molecule has 0 fully saturated rings. The number of carbonyl (C=O) groups excluding carboxylic acids is 2. The third-order valence-corrected chi connectivity index (χ3v) is 4.57. The molecular weight excluding hydrogens is 384 g/mol. The summed E-state index contributed by atoms with van der Waals surface area (Å²) in [6.07, 6.45) is 2.23. The number of anilines is 1. The number of rotatable bonds is 11. The lowest BCUT2D eigenvalue weighted by atomic mass is 9.87. The standard InChI is InChI=1S/C20H22N8O2/c21-12-16(13-24-28-23)18(11-6-14-4-2-1-3-5-14)20(30)27-26-17-9-7-15(8-10-17)19(29)25-22/h1-5,7-10,12,16,18,21-22,26H,6,11,13H2,(H,27,30). The molecule has 0 aliphatic carbocycles. The van der Waals surface area contributed by atoms with Crippen LogP contribution < -0.4 is 10.9 Å². The molecular formula is C20H22N8O2. The Bertz CT molecular complexity index is 924. The Balaban J connectivity index is 2.06. The fourth-order valence-electron chi connectivity index (χ4n) is 2.92. The molecule has 0 heterocycles. The van der Waals surface area contributed by atoms with E-state index in [0.717, 1.165) is 11.8 Å². The minimum Gasteiger partial charge on any atom is -0.313 e. The number of carbonyl (C=O) groups is 2. The predicted octanol–water partition coefficient (Wildman–Crippen LogP) is 4.13. The van der Waals surface area contributed by atoms with E-state index in [-0.39, 0.29) is 18.0 Å². The van der Waals surface area contributed by atoms with Crippen LogP contribution in [0.15, 0.2) is 64.8 Å². The average molecular weight is 406 g/mol. The van der Waals surface area contributed by atoms with Crippen LogP contribution in [0, 0.1) is 22.8 Å². The second kappa shape index (κ2) is 11.7. The van der Waals surface area contributed by atoms with E-state index in [0.29, 0.717) is 18.5 Å². The van der Waals surface area contributed by atoms with Crippen molar-refractivity contribution < 1.29 is 9.59 Å². The van der Waals surface area contributed by atoms with E-state index in [2.05, 4.69) is 26.0 Å². The Morgan fingerprint density at radius 1 is 1.13 bits per heavy atom. The molecule has 2 aromatic rings. The van der Waals surface area contributed by atoms with Gasteiger partial charge in [-0.1, -0.05) is 35.4 Å². The van der Waals surface area contributed by atoms with Crippen molar-refractivity contribution in [3.63, 3.8) is 0 Å². The highest BCUT2D eigenvalue weighted by molar-refractivity contribution is 5.94. The molecule has 2 aromatic carbocycles. The fourth-order valence-corrected chi connectivity index (χ4v) is 2.92. The van der Waals surface area contributed by atoms with Gasteiger partial charge in [-0.2, -0.15) is 0 Å². The van der Waals surface area contributed by atoms with Crippen LogP contribution in [0.4, 0.5) is 5.69 Å². The van der Waals surface area contributed by atoms with Gasteiger partial charge in [0.2, 0.25) is 5.91 Å². The van der Waals surface area contributed by atoms with Crippen molar-refractivity contribution >= 4 is 23.7 Å². The van der Waals surface area contributed by atoms with Crippen LogP contribution in [-0.2, 0) is 11.2 Å². The zero-order chi connectivity index (χ0) is 21.8. The topological polar surface area (TPSA) is 167 Å². The highest BCUT2D eigenvalue weighted by Crippen LogP contribution is 2.19. The van der Waals surface area contributed by atoms with Gasteiger partial charge < -0.3 is 5.41 Å². The molecule has 0 bridgehead atoms. The van der Waals surface area contributed by atoms with E-state index in [1.165, 1.54) is 12.1 Å². The van der Waals surface area contributed by atoms with Crippen LogP contribution in [0.1, 0.15) is 22.3 Å². The largest absolute Gasteiger partial charge is 0.313 e. The summed E-state index contributed by atoms with van der Waals surface area (Å²) in [6.45, 7) is 0.0142. The summed E-state index contributed by atoms with van der Waals surface area (Å²) in [6, 6.07) is 15.8. The summed E-state index contributed by atoms with van der Waals surface area (Å²) < 4.78 is 0. The molecule has 10 heteroatoms. The van der Waals surface area contributed by atoms with Gasteiger partial charge in [-0.15, -0.1) is 5.11 Å². The van der Waals surface area contributed by atoms with Crippen LogP contribution in [0.2, 0.25) is 0 Å². The summed E-state index contributed by atoms with van der Waals surface area (Å²) in [5.41, 5.74) is 22.6. The molecule has 0 aromatic heterocycles. The maximum atomic E-state index is 12.8. The Hall–Kier alpha value is -4.04. The highest BCUT2D eigenvalue weighted by atomic mass is 16.2. The molecule has 0 aliphatic rings. The molecule has 154 valence electrons. The number of nitrogens with zero attached hydrogens (tertiary/aromatic N) is 4. The van der Waals surface area contributed by atoms with E-state index < -0.39 is 17.7 Å². The summed E-state index contributed by atoms with van der Waals surface area (Å²) in [7, 11) is 0. The highest BCUT2D eigenvalue weighted by Gasteiger charge is 2.26. The summed E-state index contributed by atoms with van der Waals surface area (Å²) in [5, 5.41) is 14.0. The second-order valence-electron chi connectivity index (χ2n) is 6.48. The molecule has 2 amide bonds. The van der Waals surface area contributed by atoms with Gasteiger partial charge >= 0.3 is 0 Å². The van der Waals surface area contributed by atoms with Crippen LogP contribution in [0.3, 0.4) is 0 Å². The van der Waals surface area contributed by atoms with E-state index >= 15 is 0 Å². The maximum Gasteiger partial charge on any atom is 0.294 e. The first-order valence-corrected chi connectivity index (χ1v) is 9.22. The number of aryl methyl sites for hydroxylation is 1. The van der Waals surface area contributed by atoms with E-state index in [1.54, 1.807) is 12.1 Å². The van der Waals surface area contributed by atoms with Gasteiger partial charge in [-0.3, -0.25) is 20.4 Å². The van der Waals surface area contributed by atoms with E-state index in [9.17, 15) is 9.59 Å². The first kappa shape index (κ1) is 22.3. The van der Waals surface area contributed by atoms with Gasteiger partial charge in [0.05, 0.1) is 5.69 Å². The van der Waals surface area contributed by atoms with Crippen molar-refractivity contribution in [2.45, 2.75) is 12.8 Å². The van der Waals surface area contributed by atoms with Gasteiger partial charge in [0.25, 0.3) is 5.91 Å². The smallest absolute Gasteiger partial charge is 0.294 e. The van der Waals surface area contributed by atoms with E-state index in [4.69, 9.17) is 16.5 Å². The van der Waals surface area contributed by atoms with Gasteiger partial charge in [-0.05, 0) is 54.4 Å². The number of nitrogens with one attached hydrogen (secondary N) is 4. The average Bonchev–Trinajstić information content (AvgIpc) is 2.80. The molecule has 0 radical (unpaired) electrons. The monoisotopic (exact) mass is 406 g/mol. The molecule has 2 unspecified atom stereocenters. The number of hydrazine groups is 1. The molecule has 0 spiro atoms. The normalized spacial score (nSPS) is 12.0. The third-order valence-electron chi connectivity index (χ3n) is 4.57. The van der Waals surface area contributed by atoms with Crippen molar-refractivity contribution in [2.75, 3.05) is 12.0 Å². The zero-order valence-electron chi connectivity index (χ0n) is 16.2. The lowest BCUT2D eigenvalue weighted by Crippen LogP contribution is -2.40. The Morgan fingerprint density at radius 3 is 2.43 bits per heavy atom. The second-order valence-corrected chi connectivity index (χ2v) is 6.48. The van der Waals surface area contributed by atoms with Crippen LogP contribution in [-0.4, -0.2) is 24.6 Å². The first-order chi connectivity index (χ1) is 14.6. The number of benzene rings is 2. The SMILES string of the molecule is [N-]=[N+]=NCC(C=N)C(CCc1ccccc1)C(=O)NNc1ccc(C(=O)N=N)cc1. The minimum absolute atomic E-state index is 0.0142. The van der Waals surface area contributed by atoms with Crippen molar-refractivity contribution in [2.24, 2.45) is 22.1 Å². The number of amides is 2. The van der Waals surface area contributed by atoms with Gasteiger partial charge in [0.15, 0.2) is 0 Å². The lowest BCUT2D eigenvalue weighted by molar-refractivity contribution is -0.125. The first-order valence-electron chi connectivity index (χ1n) is 9.22. The summed E-state index contributed by atoms with van der Waals surface area (Å²) in [4.78, 5) is 26.9. The molecule has 30 heavy (non-hydrogen) atoms. The molecule has 0 aliphatic heterocycles. The molecule has 10 nitrogen and oxygen atoms in total. The third kappa shape index (κ3) is 6.54. The zero-order valence-corrected chi connectivity index (χ0v) is 16.2. The fraction of sp³-hybridized carbons (Fsp3) is 0.250. The molecule has 4 N–H and O–H groups in total. The quantitative estimate of drug-likeness (QED) is 0.145. The van der Waals surface area contributed by atoms with Crippen LogP contribution in [0.25, 0.3) is 10.4 Å². The van der Waals surface area contributed by atoms with Crippen molar-refractivity contribution in [1.29, 1.82) is 10.9 Å². The Kier molecular flexibility index (Phi) is 8.70. The van der Waals surface area contributed by atoms with Gasteiger partial charge in [0.1, 0.15) is 0 Å². The van der Waals surface area contributed by atoms with E-state index in [1.807, 2.05) is 30.3 Å². The molecule has 0 saturated heterocycles. The van der Waals surface area contributed by atoms with Gasteiger partial charge in [-0.25, -0.2) is 5.53 Å². The molecule has 2 rings (SSSR count). The van der Waals surface area contributed by atoms with Crippen molar-refractivity contribution in [3.05, 3.63) is 76.2 Å². The predicted molar refractivity (Wildman–Crippen MR) is 112 cm³/mol. The van der Waals surface area contributed by atoms with Crippen LogP contribution >= 0.6 is 0 Å². The van der Waals surface area contributed by atoms with Crippen LogP contribution in [0.5, 0.6) is 0 Å². The molecule has 0 saturated carbocycles. The lowest BCUT2D eigenvalue weighted by Gasteiger charge is -2.22. The summed E-state index contributed by atoms with van der Waals surface area (Å²) >= 11 is 0. The van der Waals surface area contributed by atoms with Crippen molar-refractivity contribution in [3.8, 4) is 0 Å². The number of azide groups is 1. The molecule has 2 atom stereocenters. The summed E-state index contributed by atoms with van der Waals surface area (Å²) in [5.74, 6) is -2.11. The Morgan fingerprint density at radius 2 is 1.83 bits per heavy atom. The number of hydrogen-bond donors (Lipinski definition) is 4. The number of hydrogen-bond acceptors (Lipinski definition) is 6. The minimum atomic E-state index is -0.654. The maximum absolute atomic E-state index is 12.8. The Labute approximate surface area is 173 Å².